The van der Waals surface area contributed by atoms with Crippen LogP contribution in [0.4, 0.5) is 5.95 Å². The zero-order valence-corrected chi connectivity index (χ0v) is 13.4. The first kappa shape index (κ1) is 16.7. The molecule has 1 aromatic heterocycles. The Hall–Kier alpha value is -1.65. The molecule has 1 saturated carbocycles. The molecular formula is C17H28N4O. The molecule has 2 rings (SSSR count). The van der Waals surface area contributed by atoms with Crippen molar-refractivity contribution in [2.24, 2.45) is 0 Å². The van der Waals surface area contributed by atoms with E-state index < -0.39 is 0 Å². The van der Waals surface area contributed by atoms with Gasteiger partial charge < -0.3 is 10.6 Å². The van der Waals surface area contributed by atoms with Gasteiger partial charge in [-0.05, 0) is 31.7 Å². The summed E-state index contributed by atoms with van der Waals surface area (Å²) in [6.07, 6.45) is 14.6. The molecule has 0 unspecified atom stereocenters. The molecule has 5 heteroatoms. The molecule has 0 radical (unpaired) electrons. The average Bonchev–Trinajstić information content (AvgIpc) is 2.80. The summed E-state index contributed by atoms with van der Waals surface area (Å²) < 4.78 is 0. The van der Waals surface area contributed by atoms with Crippen molar-refractivity contribution in [3.05, 3.63) is 18.5 Å². The fourth-order valence-corrected chi connectivity index (χ4v) is 2.90. The first-order valence-electron chi connectivity index (χ1n) is 8.65. The number of nitrogens with one attached hydrogen (secondary N) is 2. The van der Waals surface area contributed by atoms with Crippen LogP contribution in [0.15, 0.2) is 18.5 Å². The number of aromatic nitrogens is 2. The summed E-state index contributed by atoms with van der Waals surface area (Å²) in [7, 11) is 0. The van der Waals surface area contributed by atoms with Gasteiger partial charge in [0.05, 0.1) is 0 Å². The molecule has 1 aliphatic carbocycles. The molecule has 1 aromatic rings. The third kappa shape index (κ3) is 6.87. The summed E-state index contributed by atoms with van der Waals surface area (Å²) in [5, 5.41) is 6.38. The van der Waals surface area contributed by atoms with Crippen molar-refractivity contribution >= 4 is 11.9 Å². The Labute approximate surface area is 133 Å². The van der Waals surface area contributed by atoms with Crippen LogP contribution in [-0.4, -0.2) is 28.5 Å². The zero-order chi connectivity index (χ0) is 15.5. The minimum absolute atomic E-state index is 0.228. The third-order valence-corrected chi connectivity index (χ3v) is 4.15. The van der Waals surface area contributed by atoms with Gasteiger partial charge in [-0.3, -0.25) is 4.79 Å². The molecule has 0 aromatic carbocycles. The maximum atomic E-state index is 11.9. The Morgan fingerprint density at radius 1 is 1.05 bits per heavy atom. The molecule has 0 spiro atoms. The fourth-order valence-electron chi connectivity index (χ4n) is 2.90. The first-order valence-corrected chi connectivity index (χ1v) is 8.65. The van der Waals surface area contributed by atoms with Crippen LogP contribution in [0.25, 0.3) is 0 Å². The number of amides is 1. The van der Waals surface area contributed by atoms with Crippen LogP contribution >= 0.6 is 0 Å². The molecular weight excluding hydrogens is 276 g/mol. The van der Waals surface area contributed by atoms with Crippen molar-refractivity contribution in [1.29, 1.82) is 0 Å². The second-order valence-corrected chi connectivity index (χ2v) is 6.07. The number of hydrogen-bond acceptors (Lipinski definition) is 4. The Balaban J connectivity index is 1.48. The maximum Gasteiger partial charge on any atom is 0.222 e. The number of anilines is 1. The van der Waals surface area contributed by atoms with Crippen molar-refractivity contribution in [2.45, 2.75) is 70.3 Å². The lowest BCUT2D eigenvalue weighted by atomic mass is 10.1. The van der Waals surface area contributed by atoms with Crippen LogP contribution in [0.3, 0.4) is 0 Å². The van der Waals surface area contributed by atoms with Crippen molar-refractivity contribution in [2.75, 3.05) is 11.9 Å². The summed E-state index contributed by atoms with van der Waals surface area (Å²) in [6.45, 7) is 0.855. The van der Waals surface area contributed by atoms with E-state index in [9.17, 15) is 4.79 Å². The van der Waals surface area contributed by atoms with Crippen molar-refractivity contribution in [1.82, 2.24) is 15.3 Å². The molecule has 0 saturated heterocycles. The summed E-state index contributed by atoms with van der Waals surface area (Å²) in [6, 6.07) is 2.23. The van der Waals surface area contributed by atoms with E-state index >= 15 is 0 Å². The predicted molar refractivity (Wildman–Crippen MR) is 88.6 cm³/mol. The second kappa shape index (κ2) is 10.1. The number of unbranched alkanes of at least 4 members (excludes halogenated alkanes) is 2. The standard InChI is InChI=1S/C17H28N4O/c22-16(21-15-9-4-1-2-5-10-15)11-6-3-7-12-18-17-19-13-8-14-20-17/h8,13-15H,1-7,9-12H2,(H,21,22)(H,18,19,20). The smallest absolute Gasteiger partial charge is 0.222 e. The van der Waals surface area contributed by atoms with Gasteiger partial charge in [0.15, 0.2) is 0 Å². The van der Waals surface area contributed by atoms with Crippen molar-refractivity contribution < 1.29 is 4.79 Å². The van der Waals surface area contributed by atoms with Gasteiger partial charge in [0, 0.05) is 31.4 Å². The monoisotopic (exact) mass is 304 g/mol. The Bertz CT molecular complexity index is 416. The van der Waals surface area contributed by atoms with Gasteiger partial charge in [0.25, 0.3) is 0 Å². The molecule has 122 valence electrons. The minimum atomic E-state index is 0.228. The Morgan fingerprint density at radius 2 is 1.77 bits per heavy atom. The molecule has 1 fully saturated rings. The number of carbonyl (C=O) groups is 1. The lowest BCUT2D eigenvalue weighted by Crippen LogP contribution is -2.34. The minimum Gasteiger partial charge on any atom is -0.354 e. The molecule has 22 heavy (non-hydrogen) atoms. The fraction of sp³-hybridized carbons (Fsp3) is 0.706. The quantitative estimate of drug-likeness (QED) is 0.571. The lowest BCUT2D eigenvalue weighted by molar-refractivity contribution is -0.122. The summed E-state index contributed by atoms with van der Waals surface area (Å²) >= 11 is 0. The second-order valence-electron chi connectivity index (χ2n) is 6.07. The number of rotatable bonds is 8. The van der Waals surface area contributed by atoms with Crippen LogP contribution < -0.4 is 10.6 Å². The largest absolute Gasteiger partial charge is 0.354 e. The van der Waals surface area contributed by atoms with Gasteiger partial charge >= 0.3 is 0 Å². The first-order chi connectivity index (χ1) is 10.8. The highest BCUT2D eigenvalue weighted by atomic mass is 16.1. The molecule has 0 aliphatic heterocycles. The van der Waals surface area contributed by atoms with E-state index in [1.807, 2.05) is 0 Å². The SMILES string of the molecule is O=C(CCCCCNc1ncccn1)NC1CCCCCC1. The molecule has 0 bridgehead atoms. The van der Waals surface area contributed by atoms with E-state index in [1.54, 1.807) is 18.5 Å². The van der Waals surface area contributed by atoms with Gasteiger partial charge in [-0.2, -0.15) is 0 Å². The number of hydrogen-bond donors (Lipinski definition) is 2. The molecule has 0 atom stereocenters. The van der Waals surface area contributed by atoms with Crippen LogP contribution in [0.1, 0.15) is 64.2 Å². The van der Waals surface area contributed by atoms with Gasteiger partial charge in [0.2, 0.25) is 11.9 Å². The Morgan fingerprint density at radius 3 is 2.50 bits per heavy atom. The van der Waals surface area contributed by atoms with Crippen LogP contribution in [0.2, 0.25) is 0 Å². The highest BCUT2D eigenvalue weighted by molar-refractivity contribution is 5.76. The normalized spacial score (nSPS) is 16.0. The third-order valence-electron chi connectivity index (χ3n) is 4.15. The van der Waals surface area contributed by atoms with E-state index in [1.165, 1.54) is 25.7 Å². The summed E-state index contributed by atoms with van der Waals surface area (Å²) in [4.78, 5) is 20.2. The van der Waals surface area contributed by atoms with Crippen LogP contribution in [0, 0.1) is 0 Å². The maximum absolute atomic E-state index is 11.9. The number of nitrogens with zero attached hydrogens (tertiary/aromatic N) is 2. The van der Waals surface area contributed by atoms with Gasteiger partial charge in [-0.15, -0.1) is 0 Å². The molecule has 1 aliphatic rings. The molecule has 1 heterocycles. The van der Waals surface area contributed by atoms with E-state index in [4.69, 9.17) is 0 Å². The van der Waals surface area contributed by atoms with Crippen LogP contribution in [0.5, 0.6) is 0 Å². The lowest BCUT2D eigenvalue weighted by Gasteiger charge is -2.16. The van der Waals surface area contributed by atoms with Gasteiger partial charge in [-0.1, -0.05) is 32.1 Å². The van der Waals surface area contributed by atoms with Crippen molar-refractivity contribution in [3.63, 3.8) is 0 Å². The van der Waals surface area contributed by atoms with Crippen LogP contribution in [-0.2, 0) is 4.79 Å². The summed E-state index contributed by atoms with van der Waals surface area (Å²) in [5.74, 6) is 0.903. The summed E-state index contributed by atoms with van der Waals surface area (Å²) in [5.41, 5.74) is 0. The molecule has 5 nitrogen and oxygen atoms in total. The van der Waals surface area contributed by atoms with E-state index in [2.05, 4.69) is 20.6 Å². The van der Waals surface area contributed by atoms with Crippen molar-refractivity contribution in [3.8, 4) is 0 Å². The average molecular weight is 304 g/mol. The number of carbonyl (C=O) groups excluding carboxylic acids is 1. The predicted octanol–water partition coefficient (Wildman–Crippen LogP) is 3.29. The zero-order valence-electron chi connectivity index (χ0n) is 13.4. The van der Waals surface area contributed by atoms with E-state index in [0.29, 0.717) is 18.4 Å². The van der Waals surface area contributed by atoms with E-state index in [0.717, 1.165) is 38.6 Å². The Kier molecular flexibility index (Phi) is 7.70. The highest BCUT2D eigenvalue weighted by Crippen LogP contribution is 2.17. The molecule has 1 amide bonds. The van der Waals surface area contributed by atoms with Gasteiger partial charge in [-0.25, -0.2) is 9.97 Å². The van der Waals surface area contributed by atoms with E-state index in [-0.39, 0.29) is 5.91 Å². The highest BCUT2D eigenvalue weighted by Gasteiger charge is 2.14. The topological polar surface area (TPSA) is 66.9 Å². The van der Waals surface area contributed by atoms with Gasteiger partial charge in [0.1, 0.15) is 0 Å². The molecule has 2 N–H and O–H groups in total.